The molecule has 0 radical (unpaired) electrons. The molecular weight excluding hydrogens is 269 g/mol. The number of hydrogen-bond acceptors (Lipinski definition) is 2. The van der Waals surface area contributed by atoms with Crippen molar-refractivity contribution in [2.75, 3.05) is 0 Å². The van der Waals surface area contributed by atoms with E-state index in [2.05, 4.69) is 15.9 Å². The molecule has 1 aromatic carbocycles. The van der Waals surface area contributed by atoms with Gasteiger partial charge in [0.25, 0.3) is 0 Å². The van der Waals surface area contributed by atoms with E-state index < -0.39 is 11.5 Å². The topological polar surface area (TPSA) is 63.3 Å². The Bertz CT molecular complexity index is 324. The van der Waals surface area contributed by atoms with Gasteiger partial charge in [0, 0.05) is 4.47 Å². The molecule has 0 aliphatic heterocycles. The van der Waals surface area contributed by atoms with Gasteiger partial charge >= 0.3 is 5.97 Å². The number of hydrogen-bond donors (Lipinski definition) is 2. The second-order valence-electron chi connectivity index (χ2n) is 3.01. The van der Waals surface area contributed by atoms with Crippen LogP contribution in [-0.2, 0) is 10.3 Å². The second kappa shape index (κ2) is 4.77. The molecule has 0 saturated carbocycles. The van der Waals surface area contributed by atoms with E-state index in [1.54, 1.807) is 24.3 Å². The first-order valence-corrected chi connectivity index (χ1v) is 4.52. The predicted molar refractivity (Wildman–Crippen MR) is 60.6 cm³/mol. The molecule has 5 heteroatoms. The standard InChI is InChI=1S/C9H10BrNO2.ClH/c1-9(11,8(12)13)6-2-4-7(10)5-3-6;/h2-5H,11H2,1H3,(H,12,13);1H/t9-;/m1./s1. The Balaban J connectivity index is 0.00000169. The van der Waals surface area contributed by atoms with Gasteiger partial charge in [0.05, 0.1) is 0 Å². The van der Waals surface area contributed by atoms with Gasteiger partial charge in [0.2, 0.25) is 0 Å². The summed E-state index contributed by atoms with van der Waals surface area (Å²) in [6, 6.07) is 6.92. The van der Waals surface area contributed by atoms with Gasteiger partial charge in [0.15, 0.2) is 0 Å². The first-order chi connectivity index (χ1) is 5.94. The number of rotatable bonds is 2. The van der Waals surface area contributed by atoms with Gasteiger partial charge in [-0.3, -0.25) is 0 Å². The zero-order valence-electron chi connectivity index (χ0n) is 7.53. The van der Waals surface area contributed by atoms with Crippen molar-refractivity contribution in [2.45, 2.75) is 12.5 Å². The Hall–Kier alpha value is -0.580. The van der Waals surface area contributed by atoms with Crippen molar-refractivity contribution in [1.82, 2.24) is 0 Å². The molecule has 0 fully saturated rings. The second-order valence-corrected chi connectivity index (χ2v) is 3.93. The van der Waals surface area contributed by atoms with Crippen LogP contribution in [0.5, 0.6) is 0 Å². The summed E-state index contributed by atoms with van der Waals surface area (Å²) >= 11 is 3.26. The summed E-state index contributed by atoms with van der Waals surface area (Å²) in [5.41, 5.74) is 4.88. The molecule has 1 aromatic rings. The SMILES string of the molecule is C[C@](N)(C(=O)O)c1ccc(Br)cc1.Cl. The highest BCUT2D eigenvalue weighted by Crippen LogP contribution is 2.20. The fraction of sp³-hybridized carbons (Fsp3) is 0.222. The molecule has 78 valence electrons. The smallest absolute Gasteiger partial charge is 0.328 e. The molecule has 0 aliphatic rings. The van der Waals surface area contributed by atoms with Crippen molar-refractivity contribution in [3.63, 3.8) is 0 Å². The number of carboxylic acids is 1. The fourth-order valence-electron chi connectivity index (χ4n) is 0.920. The minimum Gasteiger partial charge on any atom is -0.480 e. The zero-order valence-corrected chi connectivity index (χ0v) is 9.93. The quantitative estimate of drug-likeness (QED) is 0.872. The minimum atomic E-state index is -1.32. The average molecular weight is 281 g/mol. The van der Waals surface area contributed by atoms with Crippen LogP contribution >= 0.6 is 28.3 Å². The molecule has 3 nitrogen and oxygen atoms in total. The lowest BCUT2D eigenvalue weighted by atomic mass is 9.94. The van der Waals surface area contributed by atoms with Crippen LogP contribution in [0.1, 0.15) is 12.5 Å². The Morgan fingerprint density at radius 3 is 2.21 bits per heavy atom. The number of benzene rings is 1. The van der Waals surface area contributed by atoms with Crippen molar-refractivity contribution >= 4 is 34.3 Å². The van der Waals surface area contributed by atoms with E-state index in [0.29, 0.717) is 5.56 Å². The van der Waals surface area contributed by atoms with Gasteiger partial charge in [-0.15, -0.1) is 12.4 Å². The number of carboxylic acid groups (broad SMARTS) is 1. The lowest BCUT2D eigenvalue weighted by molar-refractivity contribution is -0.143. The summed E-state index contributed by atoms with van der Waals surface area (Å²) in [4.78, 5) is 10.8. The van der Waals surface area contributed by atoms with Crippen molar-refractivity contribution in [3.05, 3.63) is 34.3 Å². The molecule has 0 heterocycles. The number of carbonyl (C=O) groups is 1. The van der Waals surface area contributed by atoms with Gasteiger partial charge in [-0.1, -0.05) is 28.1 Å². The summed E-state index contributed by atoms with van der Waals surface area (Å²) in [7, 11) is 0. The molecular formula is C9H11BrClNO2. The van der Waals surface area contributed by atoms with Crippen molar-refractivity contribution in [1.29, 1.82) is 0 Å². The van der Waals surface area contributed by atoms with Crippen molar-refractivity contribution < 1.29 is 9.90 Å². The van der Waals surface area contributed by atoms with E-state index >= 15 is 0 Å². The summed E-state index contributed by atoms with van der Waals surface area (Å²) in [6.07, 6.45) is 0. The maximum atomic E-state index is 10.8. The van der Waals surface area contributed by atoms with Gasteiger partial charge in [-0.2, -0.15) is 0 Å². The van der Waals surface area contributed by atoms with Crippen LogP contribution in [0.25, 0.3) is 0 Å². The monoisotopic (exact) mass is 279 g/mol. The Morgan fingerprint density at radius 1 is 1.43 bits per heavy atom. The molecule has 1 atom stereocenters. The molecule has 0 aliphatic carbocycles. The number of halogens is 2. The third-order valence-corrected chi connectivity index (χ3v) is 2.42. The lowest BCUT2D eigenvalue weighted by Crippen LogP contribution is -2.41. The first-order valence-electron chi connectivity index (χ1n) is 3.73. The lowest BCUT2D eigenvalue weighted by Gasteiger charge is -2.19. The van der Waals surface area contributed by atoms with Gasteiger partial charge in [-0.25, -0.2) is 4.79 Å². The van der Waals surface area contributed by atoms with E-state index in [0.717, 1.165) is 4.47 Å². The Kier molecular flexibility index (Phi) is 4.58. The maximum absolute atomic E-state index is 10.8. The molecule has 0 saturated heterocycles. The van der Waals surface area contributed by atoms with Crippen molar-refractivity contribution in [3.8, 4) is 0 Å². The highest BCUT2D eigenvalue weighted by atomic mass is 79.9. The van der Waals surface area contributed by atoms with E-state index in [9.17, 15) is 4.79 Å². The van der Waals surface area contributed by atoms with Crippen LogP contribution in [0.2, 0.25) is 0 Å². The largest absolute Gasteiger partial charge is 0.480 e. The van der Waals surface area contributed by atoms with Crippen LogP contribution in [0.15, 0.2) is 28.7 Å². The minimum absolute atomic E-state index is 0. The maximum Gasteiger partial charge on any atom is 0.328 e. The van der Waals surface area contributed by atoms with Crippen LogP contribution in [0.4, 0.5) is 0 Å². The fourth-order valence-corrected chi connectivity index (χ4v) is 1.18. The summed E-state index contributed by atoms with van der Waals surface area (Å²) in [5, 5.41) is 8.83. The third-order valence-electron chi connectivity index (χ3n) is 1.89. The van der Waals surface area contributed by atoms with Gasteiger partial charge < -0.3 is 10.8 Å². The van der Waals surface area contributed by atoms with Crippen LogP contribution in [-0.4, -0.2) is 11.1 Å². The zero-order chi connectivity index (χ0) is 10.1. The van der Waals surface area contributed by atoms with E-state index in [1.807, 2.05) is 0 Å². The summed E-state index contributed by atoms with van der Waals surface area (Å²) in [5.74, 6) is -1.03. The van der Waals surface area contributed by atoms with Crippen LogP contribution < -0.4 is 5.73 Å². The first kappa shape index (κ1) is 13.4. The molecule has 3 N–H and O–H groups in total. The van der Waals surface area contributed by atoms with Crippen LogP contribution in [0.3, 0.4) is 0 Å². The highest BCUT2D eigenvalue weighted by molar-refractivity contribution is 9.10. The van der Waals surface area contributed by atoms with E-state index in [-0.39, 0.29) is 12.4 Å². The summed E-state index contributed by atoms with van der Waals surface area (Å²) in [6.45, 7) is 1.47. The molecule has 0 aromatic heterocycles. The average Bonchev–Trinajstić information content (AvgIpc) is 2.04. The van der Waals surface area contributed by atoms with Crippen LogP contribution in [0, 0.1) is 0 Å². The molecule has 14 heavy (non-hydrogen) atoms. The third kappa shape index (κ3) is 2.70. The predicted octanol–water partition coefficient (Wildman–Crippen LogP) is 2.13. The number of nitrogens with two attached hydrogens (primary N) is 1. The van der Waals surface area contributed by atoms with E-state index in [4.69, 9.17) is 10.8 Å². The Morgan fingerprint density at radius 2 is 1.86 bits per heavy atom. The normalized spacial score (nSPS) is 13.9. The molecule has 0 spiro atoms. The highest BCUT2D eigenvalue weighted by Gasteiger charge is 2.29. The van der Waals surface area contributed by atoms with Crippen molar-refractivity contribution in [2.24, 2.45) is 5.73 Å². The summed E-state index contributed by atoms with van der Waals surface area (Å²) < 4.78 is 0.900. The van der Waals surface area contributed by atoms with Gasteiger partial charge in [-0.05, 0) is 24.6 Å². The molecule has 1 rings (SSSR count). The molecule has 0 unspecified atom stereocenters. The molecule has 0 amide bonds. The molecule has 0 bridgehead atoms. The number of aliphatic carboxylic acids is 1. The Labute approximate surface area is 96.8 Å². The van der Waals surface area contributed by atoms with Gasteiger partial charge in [0.1, 0.15) is 5.54 Å². The van der Waals surface area contributed by atoms with E-state index in [1.165, 1.54) is 6.92 Å².